The first kappa shape index (κ1) is 17.9. The standard InChI is InChI=1S/C14H23FN2O3S/c1-2-3-4-5-6-8-16-12(18)7-9-17-13(19)10-11(21-15)14(17)20/h11H,2-10H2,1H3,(H,16,18). The van der Waals surface area contributed by atoms with Crippen molar-refractivity contribution in [1.82, 2.24) is 10.2 Å². The summed E-state index contributed by atoms with van der Waals surface area (Å²) in [6, 6.07) is 0. The second kappa shape index (κ2) is 9.76. The number of unbranched alkanes of at least 4 members (excludes halogenated alkanes) is 4. The van der Waals surface area contributed by atoms with Crippen LogP contribution < -0.4 is 5.32 Å². The predicted molar refractivity (Wildman–Crippen MR) is 80.2 cm³/mol. The van der Waals surface area contributed by atoms with Crippen LogP contribution in [-0.4, -0.2) is 41.0 Å². The van der Waals surface area contributed by atoms with Crippen LogP contribution in [0.2, 0.25) is 0 Å². The number of carbonyl (C=O) groups is 3. The van der Waals surface area contributed by atoms with Crippen LogP contribution in [0.3, 0.4) is 0 Å². The van der Waals surface area contributed by atoms with E-state index in [0.29, 0.717) is 6.54 Å². The Morgan fingerprint density at radius 1 is 1.33 bits per heavy atom. The highest BCUT2D eigenvalue weighted by Gasteiger charge is 2.39. The monoisotopic (exact) mass is 318 g/mol. The summed E-state index contributed by atoms with van der Waals surface area (Å²) < 4.78 is 12.4. The van der Waals surface area contributed by atoms with E-state index in [2.05, 4.69) is 12.2 Å². The van der Waals surface area contributed by atoms with Gasteiger partial charge in [-0.15, -0.1) is 0 Å². The lowest BCUT2D eigenvalue weighted by Gasteiger charge is -2.13. The molecule has 1 aliphatic rings. The Morgan fingerprint density at radius 3 is 2.67 bits per heavy atom. The third-order valence-corrected chi connectivity index (χ3v) is 4.06. The summed E-state index contributed by atoms with van der Waals surface area (Å²) in [5.74, 6) is -1.11. The number of halogens is 1. The van der Waals surface area contributed by atoms with Gasteiger partial charge in [-0.25, -0.2) is 0 Å². The van der Waals surface area contributed by atoms with Gasteiger partial charge in [-0.05, 0) is 6.42 Å². The normalized spacial score (nSPS) is 18.4. The first-order valence-electron chi connectivity index (χ1n) is 7.48. The van der Waals surface area contributed by atoms with Crippen LogP contribution in [0, 0.1) is 0 Å². The van der Waals surface area contributed by atoms with E-state index in [9.17, 15) is 18.3 Å². The largest absolute Gasteiger partial charge is 0.356 e. The molecule has 0 saturated carbocycles. The second-order valence-corrected chi connectivity index (χ2v) is 5.93. The molecule has 3 amide bonds. The lowest BCUT2D eigenvalue weighted by atomic mass is 10.1. The Hall–Kier alpha value is -1.11. The SMILES string of the molecule is CCCCCCCNC(=O)CCN1C(=O)CC(SF)C1=O. The maximum atomic E-state index is 12.4. The average Bonchev–Trinajstić information content (AvgIpc) is 2.75. The molecule has 0 aromatic rings. The van der Waals surface area contributed by atoms with Crippen molar-refractivity contribution in [2.75, 3.05) is 13.1 Å². The van der Waals surface area contributed by atoms with Gasteiger partial charge < -0.3 is 5.32 Å². The smallest absolute Gasteiger partial charge is 0.245 e. The van der Waals surface area contributed by atoms with E-state index in [1.807, 2.05) is 0 Å². The van der Waals surface area contributed by atoms with Crippen LogP contribution in [0.15, 0.2) is 0 Å². The topological polar surface area (TPSA) is 66.5 Å². The summed E-state index contributed by atoms with van der Waals surface area (Å²) in [6.45, 7) is 2.80. The molecule has 1 unspecified atom stereocenters. The molecule has 5 nitrogen and oxygen atoms in total. The Balaban J connectivity index is 2.15. The summed E-state index contributed by atoms with van der Waals surface area (Å²) in [4.78, 5) is 35.8. The van der Waals surface area contributed by atoms with E-state index < -0.39 is 17.1 Å². The minimum Gasteiger partial charge on any atom is -0.356 e. The van der Waals surface area contributed by atoms with Crippen LogP contribution in [0.25, 0.3) is 0 Å². The molecule has 1 aliphatic heterocycles. The van der Waals surface area contributed by atoms with Crippen LogP contribution in [0.5, 0.6) is 0 Å². The van der Waals surface area contributed by atoms with Crippen molar-refractivity contribution in [2.45, 2.75) is 57.1 Å². The molecule has 0 radical (unpaired) electrons. The number of carbonyl (C=O) groups excluding carboxylic acids is 3. The molecule has 1 atom stereocenters. The van der Waals surface area contributed by atoms with Gasteiger partial charge in [0.1, 0.15) is 5.25 Å². The molecule has 1 fully saturated rings. The van der Waals surface area contributed by atoms with Gasteiger partial charge in [-0.2, -0.15) is 3.89 Å². The zero-order chi connectivity index (χ0) is 15.7. The summed E-state index contributed by atoms with van der Waals surface area (Å²) in [7, 11) is 0. The molecule has 1 saturated heterocycles. The molecular weight excluding hydrogens is 295 g/mol. The van der Waals surface area contributed by atoms with Crippen molar-refractivity contribution < 1.29 is 18.3 Å². The van der Waals surface area contributed by atoms with Gasteiger partial charge in [0, 0.05) is 19.5 Å². The summed E-state index contributed by atoms with van der Waals surface area (Å²) in [5.41, 5.74) is 0. The number of hydrogen-bond donors (Lipinski definition) is 1. The van der Waals surface area contributed by atoms with Crippen LogP contribution in [0.1, 0.15) is 51.9 Å². The van der Waals surface area contributed by atoms with Gasteiger partial charge in [0.25, 0.3) is 0 Å². The molecule has 120 valence electrons. The number of imide groups is 1. The fraction of sp³-hybridized carbons (Fsp3) is 0.786. The average molecular weight is 318 g/mol. The number of amides is 3. The highest BCUT2D eigenvalue weighted by molar-refractivity contribution is 7.95. The molecule has 21 heavy (non-hydrogen) atoms. The van der Waals surface area contributed by atoms with Crippen molar-refractivity contribution in [3.63, 3.8) is 0 Å². The Morgan fingerprint density at radius 2 is 2.05 bits per heavy atom. The maximum absolute atomic E-state index is 12.4. The number of nitrogens with one attached hydrogen (secondary N) is 1. The number of likely N-dealkylation sites (tertiary alicyclic amines) is 1. The quantitative estimate of drug-likeness (QED) is 0.495. The van der Waals surface area contributed by atoms with Gasteiger partial charge >= 0.3 is 0 Å². The molecule has 0 aliphatic carbocycles. The Labute approximate surface area is 129 Å². The van der Waals surface area contributed by atoms with Crippen molar-refractivity contribution in [3.05, 3.63) is 0 Å². The lowest BCUT2D eigenvalue weighted by molar-refractivity contribution is -0.138. The second-order valence-electron chi connectivity index (χ2n) is 5.18. The molecule has 1 rings (SSSR count). The molecule has 1 N–H and O–H groups in total. The number of hydrogen-bond acceptors (Lipinski definition) is 4. The van der Waals surface area contributed by atoms with Gasteiger partial charge in [0.2, 0.25) is 17.7 Å². The minimum atomic E-state index is -0.931. The van der Waals surface area contributed by atoms with E-state index in [1.54, 1.807) is 0 Å². The third-order valence-electron chi connectivity index (χ3n) is 3.48. The highest BCUT2D eigenvalue weighted by atomic mass is 32.2. The fourth-order valence-corrected chi connectivity index (χ4v) is 2.62. The van der Waals surface area contributed by atoms with Gasteiger partial charge in [-0.1, -0.05) is 32.6 Å². The molecule has 0 aromatic heterocycles. The molecule has 7 heteroatoms. The Bertz CT molecular complexity index is 379. The van der Waals surface area contributed by atoms with E-state index in [0.717, 1.165) is 17.7 Å². The molecular formula is C14H23FN2O3S. The number of rotatable bonds is 10. The van der Waals surface area contributed by atoms with E-state index in [-0.39, 0.29) is 37.4 Å². The molecule has 1 heterocycles. The third kappa shape index (κ3) is 6.03. The lowest BCUT2D eigenvalue weighted by Crippen LogP contribution is -2.35. The van der Waals surface area contributed by atoms with Crippen LogP contribution in [-0.2, 0) is 14.4 Å². The number of nitrogens with zero attached hydrogens (tertiary/aromatic N) is 1. The minimum absolute atomic E-state index is 0.0381. The van der Waals surface area contributed by atoms with Gasteiger partial charge in [0.15, 0.2) is 0 Å². The highest BCUT2D eigenvalue weighted by Crippen LogP contribution is 2.25. The van der Waals surface area contributed by atoms with Crippen molar-refractivity contribution in [1.29, 1.82) is 0 Å². The Kier molecular flexibility index (Phi) is 8.34. The van der Waals surface area contributed by atoms with Gasteiger partial charge in [0.05, 0.1) is 18.6 Å². The fourth-order valence-electron chi connectivity index (χ4n) is 2.22. The summed E-state index contributed by atoms with van der Waals surface area (Å²) in [5, 5.41) is 1.84. The van der Waals surface area contributed by atoms with Crippen LogP contribution >= 0.6 is 12.1 Å². The van der Waals surface area contributed by atoms with Crippen LogP contribution in [0.4, 0.5) is 3.89 Å². The molecule has 0 spiro atoms. The zero-order valence-corrected chi connectivity index (χ0v) is 13.2. The van der Waals surface area contributed by atoms with Gasteiger partial charge in [-0.3, -0.25) is 19.3 Å². The summed E-state index contributed by atoms with van der Waals surface area (Å²) in [6.07, 6.45) is 5.56. The maximum Gasteiger partial charge on any atom is 0.245 e. The molecule has 0 bridgehead atoms. The summed E-state index contributed by atoms with van der Waals surface area (Å²) >= 11 is -0.107. The van der Waals surface area contributed by atoms with Crippen molar-refractivity contribution in [2.24, 2.45) is 0 Å². The van der Waals surface area contributed by atoms with E-state index in [1.165, 1.54) is 19.3 Å². The predicted octanol–water partition coefficient (Wildman–Crippen LogP) is 2.21. The first-order valence-corrected chi connectivity index (χ1v) is 8.26. The zero-order valence-electron chi connectivity index (χ0n) is 12.4. The van der Waals surface area contributed by atoms with Crippen molar-refractivity contribution >= 4 is 29.9 Å². The van der Waals surface area contributed by atoms with E-state index in [4.69, 9.17) is 0 Å². The van der Waals surface area contributed by atoms with Crippen molar-refractivity contribution in [3.8, 4) is 0 Å². The van der Waals surface area contributed by atoms with E-state index >= 15 is 0 Å². The first-order chi connectivity index (χ1) is 10.1. The molecule has 0 aromatic carbocycles.